The van der Waals surface area contributed by atoms with E-state index in [-0.39, 0.29) is 6.04 Å². The highest BCUT2D eigenvalue weighted by atomic mass is 35.5. The van der Waals surface area contributed by atoms with E-state index in [2.05, 4.69) is 30.5 Å². The summed E-state index contributed by atoms with van der Waals surface area (Å²) in [7, 11) is 0. The monoisotopic (exact) mass is 308 g/mol. The minimum atomic E-state index is -0.0131. The number of hydrogen-bond donors (Lipinski definition) is 2. The summed E-state index contributed by atoms with van der Waals surface area (Å²) in [4.78, 5) is 0. The summed E-state index contributed by atoms with van der Waals surface area (Å²) in [5, 5.41) is 1.35. The van der Waals surface area contributed by atoms with Crippen LogP contribution in [0.5, 0.6) is 0 Å². The fraction of sp³-hybridized carbons (Fsp3) is 0.250. The standard InChI is InChI=1S/C16H18Cl2N2/c1-11-4-2-3-5-12(11)6-9-16(20-19)14-10-13(17)7-8-15(14)18/h2-5,7-8,10,16,20H,6,9,19H2,1H3. The Hall–Kier alpha value is -1.06. The first kappa shape index (κ1) is 15.3. The van der Waals surface area contributed by atoms with Gasteiger partial charge in [0.1, 0.15) is 0 Å². The van der Waals surface area contributed by atoms with Gasteiger partial charge in [-0.1, -0.05) is 47.5 Å². The Morgan fingerprint density at radius 1 is 1.15 bits per heavy atom. The Bertz CT molecular complexity index is 584. The molecule has 0 amide bonds. The average molecular weight is 309 g/mol. The molecule has 0 bridgehead atoms. The zero-order valence-corrected chi connectivity index (χ0v) is 12.9. The Morgan fingerprint density at radius 2 is 1.90 bits per heavy atom. The second-order valence-corrected chi connectivity index (χ2v) is 5.69. The largest absolute Gasteiger partial charge is 0.271 e. The van der Waals surface area contributed by atoms with Crippen molar-refractivity contribution in [2.45, 2.75) is 25.8 Å². The zero-order chi connectivity index (χ0) is 14.5. The molecule has 0 fully saturated rings. The Labute approximate surface area is 129 Å². The van der Waals surface area contributed by atoms with Gasteiger partial charge < -0.3 is 0 Å². The molecule has 0 aliphatic carbocycles. The van der Waals surface area contributed by atoms with E-state index in [1.807, 2.05) is 12.1 Å². The van der Waals surface area contributed by atoms with E-state index < -0.39 is 0 Å². The number of nitrogens with two attached hydrogens (primary N) is 1. The van der Waals surface area contributed by atoms with Crippen LogP contribution in [-0.4, -0.2) is 0 Å². The summed E-state index contributed by atoms with van der Waals surface area (Å²) in [5.74, 6) is 5.67. The molecule has 3 N–H and O–H groups in total. The maximum atomic E-state index is 6.23. The summed E-state index contributed by atoms with van der Waals surface area (Å²) in [5.41, 5.74) is 6.39. The lowest BCUT2D eigenvalue weighted by atomic mass is 9.97. The summed E-state index contributed by atoms with van der Waals surface area (Å²) >= 11 is 12.3. The molecule has 1 atom stereocenters. The van der Waals surface area contributed by atoms with Gasteiger partial charge in [0.15, 0.2) is 0 Å². The number of aryl methyl sites for hydroxylation is 2. The lowest BCUT2D eigenvalue weighted by Gasteiger charge is -2.18. The van der Waals surface area contributed by atoms with Gasteiger partial charge >= 0.3 is 0 Å². The normalized spacial score (nSPS) is 12.4. The number of nitrogens with one attached hydrogen (secondary N) is 1. The maximum Gasteiger partial charge on any atom is 0.0478 e. The van der Waals surface area contributed by atoms with Crippen molar-refractivity contribution in [3.63, 3.8) is 0 Å². The lowest BCUT2D eigenvalue weighted by Crippen LogP contribution is -2.28. The first-order chi connectivity index (χ1) is 9.61. The zero-order valence-electron chi connectivity index (χ0n) is 11.4. The minimum absolute atomic E-state index is 0.0131. The highest BCUT2D eigenvalue weighted by molar-refractivity contribution is 6.33. The summed E-state index contributed by atoms with van der Waals surface area (Å²) < 4.78 is 0. The number of benzene rings is 2. The van der Waals surface area contributed by atoms with E-state index >= 15 is 0 Å². The van der Waals surface area contributed by atoms with Crippen molar-refractivity contribution in [1.29, 1.82) is 0 Å². The topological polar surface area (TPSA) is 38.0 Å². The molecule has 2 nitrogen and oxygen atoms in total. The molecule has 0 saturated heterocycles. The number of hydrazine groups is 1. The van der Waals surface area contributed by atoms with Crippen LogP contribution >= 0.6 is 23.2 Å². The molecule has 106 valence electrons. The van der Waals surface area contributed by atoms with Crippen molar-refractivity contribution in [3.05, 3.63) is 69.2 Å². The third kappa shape index (κ3) is 3.74. The van der Waals surface area contributed by atoms with Crippen LogP contribution in [0.2, 0.25) is 10.0 Å². The van der Waals surface area contributed by atoms with Gasteiger partial charge in [0, 0.05) is 16.1 Å². The van der Waals surface area contributed by atoms with E-state index in [1.165, 1.54) is 11.1 Å². The average Bonchev–Trinajstić information content (AvgIpc) is 2.45. The fourth-order valence-electron chi connectivity index (χ4n) is 2.30. The van der Waals surface area contributed by atoms with E-state index in [0.29, 0.717) is 10.0 Å². The number of halogens is 2. The lowest BCUT2D eigenvalue weighted by molar-refractivity contribution is 0.516. The van der Waals surface area contributed by atoms with E-state index in [9.17, 15) is 0 Å². The molecule has 2 rings (SSSR count). The van der Waals surface area contributed by atoms with Crippen molar-refractivity contribution in [2.24, 2.45) is 5.84 Å². The first-order valence-corrected chi connectivity index (χ1v) is 7.33. The van der Waals surface area contributed by atoms with E-state index in [1.54, 1.807) is 12.1 Å². The molecule has 0 aromatic heterocycles. The maximum absolute atomic E-state index is 6.23. The van der Waals surface area contributed by atoms with Gasteiger partial charge in [0.2, 0.25) is 0 Å². The second kappa shape index (κ2) is 7.09. The predicted octanol–water partition coefficient (Wildman–Crippen LogP) is 4.44. The number of rotatable bonds is 5. The molecule has 0 radical (unpaired) electrons. The second-order valence-electron chi connectivity index (χ2n) is 4.85. The molecule has 0 aliphatic rings. The Morgan fingerprint density at radius 3 is 2.60 bits per heavy atom. The molecule has 0 saturated carbocycles. The first-order valence-electron chi connectivity index (χ1n) is 6.57. The Balaban J connectivity index is 2.13. The van der Waals surface area contributed by atoms with Crippen LogP contribution in [0.1, 0.15) is 29.2 Å². The number of hydrogen-bond acceptors (Lipinski definition) is 2. The molecule has 2 aromatic carbocycles. The molecule has 0 aliphatic heterocycles. The highest BCUT2D eigenvalue weighted by Gasteiger charge is 2.14. The van der Waals surface area contributed by atoms with Gasteiger partial charge in [0.25, 0.3) is 0 Å². The van der Waals surface area contributed by atoms with Crippen LogP contribution in [0.25, 0.3) is 0 Å². The van der Waals surface area contributed by atoms with Crippen molar-refractivity contribution < 1.29 is 0 Å². The molecule has 0 heterocycles. The van der Waals surface area contributed by atoms with Gasteiger partial charge in [-0.2, -0.15) is 0 Å². The van der Waals surface area contributed by atoms with Crippen LogP contribution in [0.15, 0.2) is 42.5 Å². The minimum Gasteiger partial charge on any atom is -0.271 e. The molecule has 0 spiro atoms. The molecule has 20 heavy (non-hydrogen) atoms. The van der Waals surface area contributed by atoms with Crippen molar-refractivity contribution >= 4 is 23.2 Å². The van der Waals surface area contributed by atoms with Gasteiger partial charge in [0.05, 0.1) is 0 Å². The van der Waals surface area contributed by atoms with Crippen LogP contribution in [0, 0.1) is 6.92 Å². The molecule has 2 aromatic rings. The van der Waals surface area contributed by atoms with Crippen LogP contribution in [0.4, 0.5) is 0 Å². The van der Waals surface area contributed by atoms with E-state index in [0.717, 1.165) is 18.4 Å². The third-order valence-corrected chi connectivity index (χ3v) is 4.08. The van der Waals surface area contributed by atoms with Gasteiger partial charge in [-0.25, -0.2) is 0 Å². The van der Waals surface area contributed by atoms with Gasteiger partial charge in [-0.15, -0.1) is 0 Å². The predicted molar refractivity (Wildman–Crippen MR) is 86.0 cm³/mol. The van der Waals surface area contributed by atoms with Crippen LogP contribution < -0.4 is 11.3 Å². The quantitative estimate of drug-likeness (QED) is 0.633. The van der Waals surface area contributed by atoms with Gasteiger partial charge in [-0.3, -0.25) is 11.3 Å². The highest BCUT2D eigenvalue weighted by Crippen LogP contribution is 2.29. The molecular weight excluding hydrogens is 291 g/mol. The van der Waals surface area contributed by atoms with Gasteiger partial charge in [-0.05, 0) is 54.7 Å². The third-order valence-electron chi connectivity index (χ3n) is 3.50. The smallest absolute Gasteiger partial charge is 0.0478 e. The molecular formula is C16H18Cl2N2. The Kier molecular flexibility index (Phi) is 5.44. The SMILES string of the molecule is Cc1ccccc1CCC(NN)c1cc(Cl)ccc1Cl. The van der Waals surface area contributed by atoms with Crippen molar-refractivity contribution in [1.82, 2.24) is 5.43 Å². The van der Waals surface area contributed by atoms with Crippen molar-refractivity contribution in [2.75, 3.05) is 0 Å². The van der Waals surface area contributed by atoms with Crippen LogP contribution in [-0.2, 0) is 6.42 Å². The van der Waals surface area contributed by atoms with Crippen molar-refractivity contribution in [3.8, 4) is 0 Å². The summed E-state index contributed by atoms with van der Waals surface area (Å²) in [6.07, 6.45) is 1.80. The van der Waals surface area contributed by atoms with E-state index in [4.69, 9.17) is 29.0 Å². The summed E-state index contributed by atoms with van der Waals surface area (Å²) in [6, 6.07) is 13.8. The van der Waals surface area contributed by atoms with Crippen LogP contribution in [0.3, 0.4) is 0 Å². The summed E-state index contributed by atoms with van der Waals surface area (Å²) in [6.45, 7) is 2.12. The molecule has 1 unspecified atom stereocenters. The molecule has 4 heteroatoms. The fourth-order valence-corrected chi connectivity index (χ4v) is 2.73.